The average molecular weight is 432 g/mol. The topological polar surface area (TPSA) is 52.7 Å². The van der Waals surface area contributed by atoms with Gasteiger partial charge in [-0.3, -0.25) is 9.59 Å². The van der Waals surface area contributed by atoms with Gasteiger partial charge < -0.3 is 15.1 Å². The lowest BCUT2D eigenvalue weighted by atomic mass is 10.0. The molecule has 4 rings (SSSR count). The van der Waals surface area contributed by atoms with E-state index >= 15 is 0 Å². The summed E-state index contributed by atoms with van der Waals surface area (Å²) in [7, 11) is 1.72. The Morgan fingerprint density at radius 3 is 2.50 bits per heavy atom. The molecule has 32 heavy (non-hydrogen) atoms. The number of carbonyl (C=O) groups is 2. The van der Waals surface area contributed by atoms with Gasteiger partial charge in [0.05, 0.1) is 0 Å². The Kier molecular flexibility index (Phi) is 6.50. The maximum Gasteiger partial charge on any atom is 0.258 e. The van der Waals surface area contributed by atoms with Gasteiger partial charge in [0.15, 0.2) is 0 Å². The number of hydrogen-bond acceptors (Lipinski definition) is 3. The molecule has 0 aromatic heterocycles. The van der Waals surface area contributed by atoms with E-state index in [1.807, 2.05) is 36.4 Å². The third-order valence-corrected chi connectivity index (χ3v) is 5.75. The molecule has 1 saturated heterocycles. The lowest BCUT2D eigenvalue weighted by Crippen LogP contribution is -2.47. The van der Waals surface area contributed by atoms with Crippen LogP contribution in [-0.4, -0.2) is 38.0 Å². The first kappa shape index (κ1) is 21.6. The fourth-order valence-corrected chi connectivity index (χ4v) is 4.03. The van der Waals surface area contributed by atoms with E-state index in [-0.39, 0.29) is 23.7 Å². The number of piperidine rings is 1. The molecule has 1 aliphatic heterocycles. The van der Waals surface area contributed by atoms with Crippen LogP contribution in [0.4, 0.5) is 15.8 Å². The van der Waals surface area contributed by atoms with Crippen LogP contribution < -0.4 is 15.1 Å². The fraction of sp³-hybridized carbons (Fsp3) is 0.231. The predicted octanol–water partition coefficient (Wildman–Crippen LogP) is 4.50. The smallest absolute Gasteiger partial charge is 0.258 e. The summed E-state index contributed by atoms with van der Waals surface area (Å²) in [5.41, 5.74) is 2.50. The van der Waals surface area contributed by atoms with E-state index in [0.29, 0.717) is 17.7 Å². The highest BCUT2D eigenvalue weighted by Crippen LogP contribution is 2.21. The minimum absolute atomic E-state index is 0.0501. The largest absolute Gasteiger partial charge is 0.369 e. The van der Waals surface area contributed by atoms with Crippen LogP contribution in [-0.2, 0) is 0 Å². The van der Waals surface area contributed by atoms with Crippen molar-refractivity contribution in [1.29, 1.82) is 0 Å². The van der Waals surface area contributed by atoms with Gasteiger partial charge in [0.1, 0.15) is 5.82 Å². The van der Waals surface area contributed by atoms with Crippen LogP contribution in [0.3, 0.4) is 0 Å². The minimum atomic E-state index is -0.268. The Labute approximate surface area is 187 Å². The van der Waals surface area contributed by atoms with Crippen LogP contribution in [0, 0.1) is 5.82 Å². The minimum Gasteiger partial charge on any atom is -0.369 e. The first-order valence-electron chi connectivity index (χ1n) is 10.8. The van der Waals surface area contributed by atoms with Crippen molar-refractivity contribution in [3.63, 3.8) is 0 Å². The quantitative estimate of drug-likeness (QED) is 0.647. The lowest BCUT2D eigenvalue weighted by Gasteiger charge is -2.34. The van der Waals surface area contributed by atoms with E-state index < -0.39 is 0 Å². The van der Waals surface area contributed by atoms with Gasteiger partial charge in [0.25, 0.3) is 11.8 Å². The number of amides is 2. The third-order valence-electron chi connectivity index (χ3n) is 5.75. The number of halogens is 1. The van der Waals surface area contributed by atoms with E-state index in [4.69, 9.17) is 0 Å². The fourth-order valence-electron chi connectivity index (χ4n) is 4.03. The van der Waals surface area contributed by atoms with Crippen molar-refractivity contribution < 1.29 is 14.0 Å². The van der Waals surface area contributed by atoms with Gasteiger partial charge in [-0.15, -0.1) is 0 Å². The van der Waals surface area contributed by atoms with Gasteiger partial charge in [-0.1, -0.05) is 30.3 Å². The highest BCUT2D eigenvalue weighted by molar-refractivity contribution is 6.07. The molecule has 1 N–H and O–H groups in total. The molecular weight excluding hydrogens is 405 g/mol. The summed E-state index contributed by atoms with van der Waals surface area (Å²) >= 11 is 0. The molecule has 0 aliphatic carbocycles. The van der Waals surface area contributed by atoms with E-state index in [1.165, 1.54) is 12.1 Å². The second-order valence-corrected chi connectivity index (χ2v) is 8.02. The highest BCUT2D eigenvalue weighted by Gasteiger charge is 2.23. The zero-order valence-electron chi connectivity index (χ0n) is 18.0. The van der Waals surface area contributed by atoms with Crippen molar-refractivity contribution in [2.45, 2.75) is 18.9 Å². The maximum atomic E-state index is 13.6. The van der Waals surface area contributed by atoms with Crippen molar-refractivity contribution in [2.24, 2.45) is 0 Å². The van der Waals surface area contributed by atoms with Crippen LogP contribution in [0.1, 0.15) is 33.6 Å². The monoisotopic (exact) mass is 431 g/mol. The zero-order valence-corrected chi connectivity index (χ0v) is 18.0. The molecule has 1 aliphatic rings. The molecular formula is C26H26FN3O2. The maximum absolute atomic E-state index is 13.6. The van der Waals surface area contributed by atoms with Crippen molar-refractivity contribution in [3.8, 4) is 0 Å². The van der Waals surface area contributed by atoms with Crippen LogP contribution in [0.25, 0.3) is 0 Å². The molecule has 1 unspecified atom stereocenters. The summed E-state index contributed by atoms with van der Waals surface area (Å²) < 4.78 is 13.6. The number of carbonyl (C=O) groups excluding carboxylic acids is 2. The number of hydrogen-bond donors (Lipinski definition) is 1. The van der Waals surface area contributed by atoms with Crippen LogP contribution in [0.2, 0.25) is 0 Å². The number of anilines is 2. The number of benzene rings is 3. The van der Waals surface area contributed by atoms with Crippen molar-refractivity contribution in [3.05, 3.63) is 95.8 Å². The van der Waals surface area contributed by atoms with Crippen molar-refractivity contribution >= 4 is 23.2 Å². The third kappa shape index (κ3) is 4.97. The number of para-hydroxylation sites is 1. The molecule has 164 valence electrons. The van der Waals surface area contributed by atoms with Gasteiger partial charge in [-0.25, -0.2) is 4.39 Å². The van der Waals surface area contributed by atoms with Crippen molar-refractivity contribution in [1.82, 2.24) is 5.32 Å². The van der Waals surface area contributed by atoms with Gasteiger partial charge in [0, 0.05) is 48.7 Å². The zero-order chi connectivity index (χ0) is 22.5. The Morgan fingerprint density at radius 2 is 1.72 bits per heavy atom. The normalized spacial score (nSPS) is 15.8. The molecule has 0 radical (unpaired) electrons. The van der Waals surface area contributed by atoms with Crippen LogP contribution in [0.15, 0.2) is 78.9 Å². The Bertz CT molecular complexity index is 1100. The van der Waals surface area contributed by atoms with Gasteiger partial charge in [0.2, 0.25) is 0 Å². The van der Waals surface area contributed by atoms with Crippen LogP contribution >= 0.6 is 0 Å². The van der Waals surface area contributed by atoms with E-state index in [2.05, 4.69) is 10.2 Å². The molecule has 6 heteroatoms. The molecule has 3 aromatic rings. The number of nitrogens with one attached hydrogen (secondary N) is 1. The Balaban J connectivity index is 1.43. The van der Waals surface area contributed by atoms with E-state index in [0.717, 1.165) is 30.8 Å². The summed E-state index contributed by atoms with van der Waals surface area (Å²) in [6, 6.07) is 22.6. The van der Waals surface area contributed by atoms with Crippen molar-refractivity contribution in [2.75, 3.05) is 29.9 Å². The van der Waals surface area contributed by atoms with E-state index in [9.17, 15) is 14.0 Å². The lowest BCUT2D eigenvalue weighted by molar-refractivity contribution is 0.0933. The molecule has 0 bridgehead atoms. The Hall–Kier alpha value is -3.67. The first-order chi connectivity index (χ1) is 15.5. The molecule has 1 atom stereocenters. The Morgan fingerprint density at radius 1 is 0.969 bits per heavy atom. The summed E-state index contributed by atoms with van der Waals surface area (Å²) in [5, 5.41) is 3.08. The highest BCUT2D eigenvalue weighted by atomic mass is 19.1. The molecule has 2 amide bonds. The first-order valence-corrected chi connectivity index (χ1v) is 10.8. The summed E-state index contributed by atoms with van der Waals surface area (Å²) in [6.45, 7) is 1.44. The SMILES string of the molecule is CN(C(=O)c1cccc(C(=O)NC2CCCN(c3cccc(F)c3)C2)c1)c1ccccc1. The van der Waals surface area contributed by atoms with E-state index in [1.54, 1.807) is 42.3 Å². The summed E-state index contributed by atoms with van der Waals surface area (Å²) in [5.74, 6) is -0.662. The van der Waals surface area contributed by atoms with Crippen LogP contribution in [0.5, 0.6) is 0 Å². The molecule has 1 heterocycles. The molecule has 0 spiro atoms. The second kappa shape index (κ2) is 9.64. The number of nitrogens with zero attached hydrogens (tertiary/aromatic N) is 2. The van der Waals surface area contributed by atoms with Gasteiger partial charge >= 0.3 is 0 Å². The van der Waals surface area contributed by atoms with Gasteiger partial charge in [-0.05, 0) is 61.4 Å². The number of rotatable bonds is 5. The standard InChI is InChI=1S/C26H26FN3O2/c1-29(23-12-3-2-4-13-23)26(32)20-9-5-8-19(16-20)25(31)28-22-11-7-15-30(18-22)24-14-6-10-21(27)17-24/h2-6,8-10,12-14,16-17,22H,7,11,15,18H2,1H3,(H,28,31). The second-order valence-electron chi connectivity index (χ2n) is 8.02. The molecule has 5 nitrogen and oxygen atoms in total. The summed E-state index contributed by atoms with van der Waals surface area (Å²) in [4.78, 5) is 29.5. The molecule has 1 fully saturated rings. The summed E-state index contributed by atoms with van der Waals surface area (Å²) in [6.07, 6.45) is 1.76. The molecule has 3 aromatic carbocycles. The van der Waals surface area contributed by atoms with Gasteiger partial charge in [-0.2, -0.15) is 0 Å². The average Bonchev–Trinajstić information content (AvgIpc) is 2.84. The predicted molar refractivity (Wildman–Crippen MR) is 125 cm³/mol. The molecule has 0 saturated carbocycles.